The Kier molecular flexibility index (Phi) is 5.85. The summed E-state index contributed by atoms with van der Waals surface area (Å²) in [6.45, 7) is 2.33. The minimum atomic E-state index is -3.28. The lowest BCUT2D eigenvalue weighted by Crippen LogP contribution is -2.28. The molecule has 11 heteroatoms. The van der Waals surface area contributed by atoms with Crippen molar-refractivity contribution >= 4 is 21.9 Å². The van der Waals surface area contributed by atoms with Gasteiger partial charge in [0, 0.05) is 20.6 Å². The van der Waals surface area contributed by atoms with E-state index in [1.54, 1.807) is 6.92 Å². The molecule has 0 saturated carbocycles. The number of hydrazine groups is 1. The molecule has 0 aliphatic heterocycles. The number of rotatable bonds is 8. The molecule has 0 amide bonds. The molecular weight excluding hydrogens is 286 g/mol. The van der Waals surface area contributed by atoms with E-state index in [-0.39, 0.29) is 30.2 Å². The summed E-state index contributed by atoms with van der Waals surface area (Å²) >= 11 is 0. The largest absolute Gasteiger partial charge is 0.464 e. The average Bonchev–Trinajstić information content (AvgIpc) is 2.38. The maximum Gasteiger partial charge on any atom is 0.323 e. The number of hydrogen-bond donors (Lipinski definition) is 3. The van der Waals surface area contributed by atoms with Crippen LogP contribution in [0.3, 0.4) is 0 Å². The second-order valence-corrected chi connectivity index (χ2v) is 6.17. The van der Waals surface area contributed by atoms with Gasteiger partial charge in [-0.3, -0.25) is 5.43 Å². The monoisotopic (exact) mass is 305 g/mol. The molecule has 10 nitrogen and oxygen atoms in total. The van der Waals surface area contributed by atoms with Crippen LogP contribution in [0.4, 0.5) is 11.9 Å². The summed E-state index contributed by atoms with van der Waals surface area (Å²) in [5.41, 5.74) is 2.28. The fourth-order valence-electron chi connectivity index (χ4n) is 1.17. The van der Waals surface area contributed by atoms with E-state index >= 15 is 0 Å². The molecule has 1 aromatic rings. The molecule has 1 rings (SSSR count). The van der Waals surface area contributed by atoms with Gasteiger partial charge >= 0.3 is 6.01 Å². The number of nitrogens with zero attached hydrogens (tertiary/aromatic N) is 4. The van der Waals surface area contributed by atoms with Crippen molar-refractivity contribution in [3.8, 4) is 6.01 Å². The van der Waals surface area contributed by atoms with Crippen LogP contribution in [0.25, 0.3) is 0 Å². The van der Waals surface area contributed by atoms with E-state index in [4.69, 9.17) is 10.6 Å². The number of nitrogen functional groups attached to an aromatic ring is 1. The maximum absolute atomic E-state index is 11.6. The predicted octanol–water partition coefficient (Wildman–Crippen LogP) is -1.14. The molecule has 20 heavy (non-hydrogen) atoms. The summed E-state index contributed by atoms with van der Waals surface area (Å²) in [6.07, 6.45) is 0. The zero-order valence-electron chi connectivity index (χ0n) is 11.6. The predicted molar refractivity (Wildman–Crippen MR) is 74.8 cm³/mol. The van der Waals surface area contributed by atoms with E-state index in [1.165, 1.54) is 14.1 Å². The molecule has 0 radical (unpaired) electrons. The Morgan fingerprint density at radius 3 is 2.45 bits per heavy atom. The summed E-state index contributed by atoms with van der Waals surface area (Å²) in [6, 6.07) is 0.105. The molecule has 0 bridgehead atoms. The minimum absolute atomic E-state index is 0.0823. The zero-order valence-corrected chi connectivity index (χ0v) is 12.4. The maximum atomic E-state index is 11.6. The molecule has 0 aliphatic rings. The molecule has 114 valence electrons. The van der Waals surface area contributed by atoms with Crippen LogP contribution in [0.1, 0.15) is 6.92 Å². The number of aromatic nitrogens is 3. The summed E-state index contributed by atoms with van der Waals surface area (Å²) < 4.78 is 29.5. The third-order valence-electron chi connectivity index (χ3n) is 2.22. The molecule has 1 heterocycles. The zero-order chi connectivity index (χ0) is 15.2. The number of anilines is 2. The van der Waals surface area contributed by atoms with Crippen LogP contribution in [0.5, 0.6) is 6.01 Å². The third kappa shape index (κ3) is 4.75. The number of nitrogens with one attached hydrogen (secondary N) is 2. The van der Waals surface area contributed by atoms with E-state index in [0.29, 0.717) is 6.61 Å². The molecule has 0 fully saturated rings. The molecule has 0 spiro atoms. The van der Waals surface area contributed by atoms with Crippen molar-refractivity contribution in [3.63, 3.8) is 0 Å². The molecule has 0 unspecified atom stereocenters. The highest BCUT2D eigenvalue weighted by molar-refractivity contribution is 7.89. The topological polar surface area (TPSA) is 135 Å². The van der Waals surface area contributed by atoms with Crippen LogP contribution in [0, 0.1) is 0 Å². The van der Waals surface area contributed by atoms with Gasteiger partial charge in [0.2, 0.25) is 21.9 Å². The Morgan fingerprint density at radius 2 is 1.90 bits per heavy atom. The number of sulfonamides is 1. The first kappa shape index (κ1) is 16.3. The Morgan fingerprint density at radius 1 is 1.25 bits per heavy atom. The van der Waals surface area contributed by atoms with Crippen LogP contribution in [-0.4, -0.2) is 60.7 Å². The van der Waals surface area contributed by atoms with Crippen molar-refractivity contribution in [2.24, 2.45) is 5.84 Å². The normalized spacial score (nSPS) is 11.4. The van der Waals surface area contributed by atoms with Crippen LogP contribution < -0.4 is 21.3 Å². The minimum Gasteiger partial charge on any atom is -0.464 e. The van der Waals surface area contributed by atoms with E-state index < -0.39 is 10.0 Å². The smallest absolute Gasteiger partial charge is 0.323 e. The van der Waals surface area contributed by atoms with Gasteiger partial charge in [-0.1, -0.05) is 0 Å². The van der Waals surface area contributed by atoms with Crippen LogP contribution in [-0.2, 0) is 10.0 Å². The van der Waals surface area contributed by atoms with E-state index in [2.05, 4.69) is 25.7 Å². The molecular formula is C9H19N7O3S. The van der Waals surface area contributed by atoms with Gasteiger partial charge in [-0.05, 0) is 6.92 Å². The third-order valence-corrected chi connectivity index (χ3v) is 4.05. The van der Waals surface area contributed by atoms with Gasteiger partial charge in [0.25, 0.3) is 0 Å². The highest BCUT2D eigenvalue weighted by atomic mass is 32.2. The van der Waals surface area contributed by atoms with E-state index in [0.717, 1.165) is 4.31 Å². The Bertz CT molecular complexity index is 534. The summed E-state index contributed by atoms with van der Waals surface area (Å²) in [5, 5.41) is 2.79. The summed E-state index contributed by atoms with van der Waals surface area (Å²) in [4.78, 5) is 11.8. The number of hydrogen-bond acceptors (Lipinski definition) is 9. The van der Waals surface area contributed by atoms with Gasteiger partial charge in [0.15, 0.2) is 0 Å². The van der Waals surface area contributed by atoms with Gasteiger partial charge < -0.3 is 10.1 Å². The number of ether oxygens (including phenoxy) is 1. The molecule has 0 aromatic carbocycles. The fourth-order valence-corrected chi connectivity index (χ4v) is 1.89. The van der Waals surface area contributed by atoms with Crippen molar-refractivity contribution in [2.75, 3.05) is 43.7 Å². The average molecular weight is 305 g/mol. The Balaban J connectivity index is 2.70. The van der Waals surface area contributed by atoms with Crippen molar-refractivity contribution in [2.45, 2.75) is 6.92 Å². The SMILES string of the molecule is CCOc1nc(NN)nc(NCCS(=O)(=O)N(C)C)n1. The van der Waals surface area contributed by atoms with Crippen molar-refractivity contribution < 1.29 is 13.2 Å². The molecule has 0 saturated heterocycles. The second-order valence-electron chi connectivity index (χ2n) is 3.87. The lowest BCUT2D eigenvalue weighted by molar-refractivity contribution is 0.312. The van der Waals surface area contributed by atoms with Gasteiger partial charge in [0.1, 0.15) is 0 Å². The van der Waals surface area contributed by atoms with Gasteiger partial charge in [-0.15, -0.1) is 0 Å². The molecule has 0 atom stereocenters. The van der Waals surface area contributed by atoms with Gasteiger partial charge in [0.05, 0.1) is 12.4 Å². The molecule has 4 N–H and O–H groups in total. The quantitative estimate of drug-likeness (QED) is 0.402. The highest BCUT2D eigenvalue weighted by Crippen LogP contribution is 2.10. The summed E-state index contributed by atoms with van der Waals surface area (Å²) in [7, 11) is -0.328. The fraction of sp³-hybridized carbons (Fsp3) is 0.667. The first-order valence-electron chi connectivity index (χ1n) is 5.88. The van der Waals surface area contributed by atoms with Crippen LogP contribution >= 0.6 is 0 Å². The first-order valence-corrected chi connectivity index (χ1v) is 7.49. The Labute approximate surface area is 117 Å². The molecule has 0 aliphatic carbocycles. The Hall–Kier alpha value is -1.72. The second kappa shape index (κ2) is 7.17. The van der Waals surface area contributed by atoms with Crippen molar-refractivity contribution in [3.05, 3.63) is 0 Å². The highest BCUT2D eigenvalue weighted by Gasteiger charge is 2.13. The van der Waals surface area contributed by atoms with Crippen molar-refractivity contribution in [1.82, 2.24) is 19.3 Å². The first-order chi connectivity index (χ1) is 9.39. The van der Waals surface area contributed by atoms with Gasteiger partial charge in [-0.25, -0.2) is 18.6 Å². The standard InChI is InChI=1S/C9H19N7O3S/c1-4-19-9-13-7(12-8(14-9)15-10)11-5-6-20(17,18)16(2)3/h4-6,10H2,1-3H3,(H2,11,12,13,14,15). The van der Waals surface area contributed by atoms with E-state index in [1.807, 2.05) is 0 Å². The molecule has 1 aromatic heterocycles. The van der Waals surface area contributed by atoms with Crippen molar-refractivity contribution in [1.29, 1.82) is 0 Å². The lowest BCUT2D eigenvalue weighted by Gasteiger charge is -2.12. The van der Waals surface area contributed by atoms with Crippen LogP contribution in [0.2, 0.25) is 0 Å². The number of nitrogens with two attached hydrogens (primary N) is 1. The van der Waals surface area contributed by atoms with Crippen LogP contribution in [0.15, 0.2) is 0 Å². The van der Waals surface area contributed by atoms with Gasteiger partial charge in [-0.2, -0.15) is 15.0 Å². The van der Waals surface area contributed by atoms with E-state index in [9.17, 15) is 8.42 Å². The summed E-state index contributed by atoms with van der Waals surface area (Å²) in [5.74, 6) is 5.46. The lowest BCUT2D eigenvalue weighted by atomic mass is 10.7.